The van der Waals surface area contributed by atoms with Gasteiger partial charge < -0.3 is 10.1 Å². The molecule has 1 aromatic carbocycles. The predicted molar refractivity (Wildman–Crippen MR) is 106 cm³/mol. The Morgan fingerprint density at radius 2 is 1.92 bits per heavy atom. The number of hydrogen-bond donors (Lipinski definition) is 1. The summed E-state index contributed by atoms with van der Waals surface area (Å²) in [6.45, 7) is 0.606. The molecule has 3 rings (SSSR count). The molecule has 1 N–H and O–H groups in total. The molecule has 0 fully saturated rings. The lowest BCUT2D eigenvalue weighted by molar-refractivity contribution is -0.140. The highest BCUT2D eigenvalue weighted by atomic mass is 32.1. The van der Waals surface area contributed by atoms with E-state index in [9.17, 15) is 9.59 Å². The van der Waals surface area contributed by atoms with Gasteiger partial charge in [0.1, 0.15) is 5.01 Å². The summed E-state index contributed by atoms with van der Waals surface area (Å²) in [6, 6.07) is 11.8. The highest BCUT2D eigenvalue weighted by molar-refractivity contribution is 7.26. The number of rotatable bonds is 8. The van der Waals surface area contributed by atoms with E-state index in [1.165, 1.54) is 18.4 Å². The lowest BCUT2D eigenvalue weighted by atomic mass is 10.2. The molecule has 0 saturated heterocycles. The van der Waals surface area contributed by atoms with Crippen LogP contribution in [0.25, 0.3) is 20.1 Å². The smallest absolute Gasteiger partial charge is 0.305 e. The first kappa shape index (κ1) is 18.5. The average molecular weight is 389 g/mol. The predicted octanol–water partition coefficient (Wildman–Crippen LogP) is 4.49. The van der Waals surface area contributed by atoms with Crippen molar-refractivity contribution in [1.29, 1.82) is 0 Å². The monoisotopic (exact) mass is 388 g/mol. The number of nitrogens with zero attached hydrogens (tertiary/aromatic N) is 1. The number of carbonyl (C=O) groups is 2. The van der Waals surface area contributed by atoms with Crippen LogP contribution in [0, 0.1) is 0 Å². The van der Waals surface area contributed by atoms with Crippen LogP contribution in [-0.4, -0.2) is 30.5 Å². The van der Waals surface area contributed by atoms with Gasteiger partial charge in [-0.25, -0.2) is 4.98 Å². The number of benzene rings is 1. The first-order chi connectivity index (χ1) is 12.7. The fourth-order valence-corrected chi connectivity index (χ4v) is 4.46. The third kappa shape index (κ3) is 4.68. The lowest BCUT2D eigenvalue weighted by Crippen LogP contribution is -2.23. The van der Waals surface area contributed by atoms with Gasteiger partial charge in [0, 0.05) is 13.0 Å². The summed E-state index contributed by atoms with van der Waals surface area (Å²) in [6.07, 6.45) is 2.94. The van der Waals surface area contributed by atoms with Crippen molar-refractivity contribution in [3.05, 3.63) is 41.3 Å². The zero-order chi connectivity index (χ0) is 18.4. The van der Waals surface area contributed by atoms with Crippen LogP contribution >= 0.6 is 22.7 Å². The van der Waals surface area contributed by atoms with Gasteiger partial charge in [-0.15, -0.1) is 22.7 Å². The third-order valence-electron chi connectivity index (χ3n) is 3.91. The summed E-state index contributed by atoms with van der Waals surface area (Å²) in [4.78, 5) is 29.6. The number of methoxy groups -OCH3 is 1. The zero-order valence-electron chi connectivity index (χ0n) is 14.5. The molecule has 0 aliphatic rings. The molecular formula is C19H20N2O3S2. The largest absolute Gasteiger partial charge is 0.469 e. The molecule has 3 aromatic rings. The van der Waals surface area contributed by atoms with Crippen molar-refractivity contribution < 1.29 is 14.3 Å². The van der Waals surface area contributed by atoms with Crippen molar-refractivity contribution in [2.24, 2.45) is 0 Å². The van der Waals surface area contributed by atoms with Crippen LogP contribution in [0.3, 0.4) is 0 Å². The Bertz CT molecular complexity index is 868. The number of carbonyl (C=O) groups excluding carboxylic acids is 2. The molecule has 0 aliphatic carbocycles. The van der Waals surface area contributed by atoms with Crippen LogP contribution in [0.5, 0.6) is 0 Å². The molecule has 0 atom stereocenters. The maximum atomic E-state index is 12.3. The van der Waals surface area contributed by atoms with E-state index in [0.717, 1.165) is 39.4 Å². The second-order valence-corrected chi connectivity index (χ2v) is 7.91. The highest BCUT2D eigenvalue weighted by Crippen LogP contribution is 2.34. The van der Waals surface area contributed by atoms with E-state index >= 15 is 0 Å². The molecule has 1 amide bonds. The fraction of sp³-hybridized carbons (Fsp3) is 0.316. The molecule has 136 valence electrons. The van der Waals surface area contributed by atoms with Crippen LogP contribution in [0.4, 0.5) is 0 Å². The number of amides is 1. The molecule has 0 radical (unpaired) electrons. The summed E-state index contributed by atoms with van der Waals surface area (Å²) >= 11 is 3.10. The minimum Gasteiger partial charge on any atom is -0.469 e. The van der Waals surface area contributed by atoms with Gasteiger partial charge in [-0.05, 0) is 37.1 Å². The number of aromatic nitrogens is 1. The molecule has 5 nitrogen and oxygen atoms in total. The Morgan fingerprint density at radius 1 is 1.08 bits per heavy atom. The third-order valence-corrected chi connectivity index (χ3v) is 6.19. The molecule has 7 heteroatoms. The van der Waals surface area contributed by atoms with Crippen LogP contribution in [0.15, 0.2) is 36.4 Å². The Morgan fingerprint density at radius 3 is 2.73 bits per heavy atom. The minimum absolute atomic E-state index is 0.0599. The van der Waals surface area contributed by atoms with E-state index in [1.54, 1.807) is 11.3 Å². The standard InChI is InChI=1S/C19H20N2O3S2/c1-24-17(22)9-3-2-6-12-20-18(23)15-10-11-16(25-15)19-21-13-7-4-5-8-14(13)26-19/h4-5,7-8,10-11H,2-3,6,9,12H2,1H3,(H,20,23). The van der Waals surface area contributed by atoms with Crippen molar-refractivity contribution in [2.45, 2.75) is 25.7 Å². The molecule has 0 spiro atoms. The number of nitrogens with one attached hydrogen (secondary N) is 1. The number of fused-ring (bicyclic) bond motifs is 1. The van der Waals surface area contributed by atoms with Gasteiger partial charge >= 0.3 is 5.97 Å². The summed E-state index contributed by atoms with van der Waals surface area (Å²) in [5.74, 6) is -0.245. The number of hydrogen-bond acceptors (Lipinski definition) is 6. The summed E-state index contributed by atoms with van der Waals surface area (Å²) < 4.78 is 5.75. The van der Waals surface area contributed by atoms with Crippen LogP contribution in [-0.2, 0) is 9.53 Å². The summed E-state index contributed by atoms with van der Waals surface area (Å²) in [7, 11) is 1.40. The number of thiophene rings is 1. The van der Waals surface area contributed by atoms with Crippen molar-refractivity contribution in [3.8, 4) is 9.88 Å². The lowest BCUT2D eigenvalue weighted by Gasteiger charge is -2.03. The van der Waals surface area contributed by atoms with Gasteiger partial charge in [0.05, 0.1) is 27.1 Å². The number of ether oxygens (including phenoxy) is 1. The minimum atomic E-state index is -0.185. The molecule has 0 aliphatic heterocycles. The van der Waals surface area contributed by atoms with Crippen molar-refractivity contribution >= 4 is 44.8 Å². The Labute approximate surface area is 160 Å². The van der Waals surface area contributed by atoms with E-state index in [4.69, 9.17) is 0 Å². The molecular weight excluding hydrogens is 368 g/mol. The maximum Gasteiger partial charge on any atom is 0.305 e. The average Bonchev–Trinajstić information content (AvgIpc) is 3.30. The fourth-order valence-electron chi connectivity index (χ4n) is 2.51. The van der Waals surface area contributed by atoms with Crippen LogP contribution < -0.4 is 5.32 Å². The molecule has 0 unspecified atom stereocenters. The van der Waals surface area contributed by atoms with Crippen molar-refractivity contribution in [3.63, 3.8) is 0 Å². The first-order valence-electron chi connectivity index (χ1n) is 8.48. The first-order valence-corrected chi connectivity index (χ1v) is 10.1. The summed E-state index contributed by atoms with van der Waals surface area (Å²) in [5.41, 5.74) is 0.985. The van der Waals surface area contributed by atoms with E-state index < -0.39 is 0 Å². The second-order valence-electron chi connectivity index (χ2n) is 5.79. The number of unbranched alkanes of at least 4 members (excludes halogenated alkanes) is 2. The Kier molecular flexibility index (Phi) is 6.35. The molecule has 2 heterocycles. The zero-order valence-corrected chi connectivity index (χ0v) is 16.1. The Balaban J connectivity index is 1.49. The molecule has 2 aromatic heterocycles. The van der Waals surface area contributed by atoms with Gasteiger partial charge in [0.25, 0.3) is 5.91 Å². The maximum absolute atomic E-state index is 12.3. The van der Waals surface area contributed by atoms with Gasteiger partial charge in [0.2, 0.25) is 0 Å². The van der Waals surface area contributed by atoms with E-state index in [1.807, 2.05) is 30.3 Å². The number of para-hydroxylation sites is 1. The molecule has 0 saturated carbocycles. The molecule has 0 bridgehead atoms. The number of esters is 1. The molecule has 26 heavy (non-hydrogen) atoms. The van der Waals surface area contributed by atoms with E-state index in [-0.39, 0.29) is 11.9 Å². The normalized spacial score (nSPS) is 10.8. The number of thiazole rings is 1. The van der Waals surface area contributed by atoms with Gasteiger partial charge in [-0.3, -0.25) is 9.59 Å². The topological polar surface area (TPSA) is 68.3 Å². The summed E-state index contributed by atoms with van der Waals surface area (Å²) in [5, 5.41) is 3.87. The van der Waals surface area contributed by atoms with Gasteiger partial charge in [0.15, 0.2) is 0 Å². The highest BCUT2D eigenvalue weighted by Gasteiger charge is 2.12. The Hall–Kier alpha value is -2.25. The van der Waals surface area contributed by atoms with Gasteiger partial charge in [-0.2, -0.15) is 0 Å². The van der Waals surface area contributed by atoms with Crippen molar-refractivity contribution in [1.82, 2.24) is 10.3 Å². The van der Waals surface area contributed by atoms with E-state index in [0.29, 0.717) is 17.8 Å². The van der Waals surface area contributed by atoms with Gasteiger partial charge in [-0.1, -0.05) is 18.6 Å². The van der Waals surface area contributed by atoms with E-state index in [2.05, 4.69) is 21.1 Å². The SMILES string of the molecule is COC(=O)CCCCCNC(=O)c1ccc(-c2nc3ccccc3s2)s1. The quantitative estimate of drug-likeness (QED) is 0.456. The van der Waals surface area contributed by atoms with Crippen LogP contribution in [0.1, 0.15) is 35.4 Å². The van der Waals surface area contributed by atoms with Crippen molar-refractivity contribution in [2.75, 3.05) is 13.7 Å². The second kappa shape index (κ2) is 8.91. The van der Waals surface area contributed by atoms with Crippen LogP contribution in [0.2, 0.25) is 0 Å².